The minimum Gasteiger partial charge on any atom is -0.207 e. The maximum absolute atomic E-state index is 12.5. The summed E-state index contributed by atoms with van der Waals surface area (Å²) < 4.78 is 26.7. The molecule has 1 heterocycles. The first-order valence-corrected chi connectivity index (χ1v) is 8.69. The van der Waals surface area contributed by atoms with Crippen molar-refractivity contribution in [1.82, 2.24) is 4.31 Å². The predicted molar refractivity (Wildman–Crippen MR) is 82.1 cm³/mol. The van der Waals surface area contributed by atoms with Gasteiger partial charge in [-0.3, -0.25) is 0 Å². The van der Waals surface area contributed by atoms with E-state index in [1.165, 1.54) is 0 Å². The zero-order valence-corrected chi connectivity index (χ0v) is 12.9. The van der Waals surface area contributed by atoms with Crippen LogP contribution in [0.3, 0.4) is 0 Å². The number of unbranched alkanes of at least 4 members (excludes halogenated alkanes) is 2. The Balaban J connectivity index is 1.99. The van der Waals surface area contributed by atoms with Crippen LogP contribution in [0.2, 0.25) is 0 Å². The number of sulfonamides is 1. The van der Waals surface area contributed by atoms with E-state index in [0.29, 0.717) is 11.4 Å². The van der Waals surface area contributed by atoms with Crippen LogP contribution in [0.1, 0.15) is 37.7 Å². The third-order valence-electron chi connectivity index (χ3n) is 3.91. The van der Waals surface area contributed by atoms with Gasteiger partial charge in [0.25, 0.3) is 0 Å². The van der Waals surface area contributed by atoms with Crippen LogP contribution >= 0.6 is 0 Å². The zero-order chi connectivity index (χ0) is 14.6. The Labute approximate surface area is 122 Å². The molecule has 0 aromatic heterocycles. The number of benzene rings is 1. The molecule has 1 aromatic rings. The molecule has 0 spiro atoms. The fourth-order valence-electron chi connectivity index (χ4n) is 2.54. The first-order valence-electron chi connectivity index (χ1n) is 7.25. The van der Waals surface area contributed by atoms with E-state index >= 15 is 0 Å². The van der Waals surface area contributed by atoms with Gasteiger partial charge in [-0.05, 0) is 44.7 Å². The molecule has 1 aliphatic rings. The third kappa shape index (κ3) is 3.30. The second kappa shape index (κ2) is 6.55. The Kier molecular flexibility index (Phi) is 5.00. The lowest BCUT2D eigenvalue weighted by molar-refractivity contribution is 0.185. The summed E-state index contributed by atoms with van der Waals surface area (Å²) in [5.74, 6) is 0. The third-order valence-corrected chi connectivity index (χ3v) is 5.88. The largest absolute Gasteiger partial charge is 0.243 e. The van der Waals surface area contributed by atoms with Crippen molar-refractivity contribution < 1.29 is 8.42 Å². The van der Waals surface area contributed by atoms with Crippen LogP contribution in [-0.2, 0) is 10.0 Å². The molecule has 0 amide bonds. The van der Waals surface area contributed by atoms with Crippen molar-refractivity contribution in [1.29, 1.82) is 0 Å². The van der Waals surface area contributed by atoms with E-state index in [4.69, 9.17) is 0 Å². The van der Waals surface area contributed by atoms with Gasteiger partial charge in [-0.15, -0.1) is 6.58 Å². The monoisotopic (exact) mass is 293 g/mol. The van der Waals surface area contributed by atoms with Crippen LogP contribution in [0, 0.1) is 6.92 Å². The van der Waals surface area contributed by atoms with Crippen LogP contribution in [0.25, 0.3) is 0 Å². The highest BCUT2D eigenvalue weighted by Gasteiger charge is 2.37. The van der Waals surface area contributed by atoms with Crippen LogP contribution in [0.5, 0.6) is 0 Å². The molecule has 1 aliphatic heterocycles. The van der Waals surface area contributed by atoms with Crippen molar-refractivity contribution in [2.75, 3.05) is 6.54 Å². The highest BCUT2D eigenvalue weighted by atomic mass is 32.2. The lowest BCUT2D eigenvalue weighted by atomic mass is 10.00. The lowest BCUT2D eigenvalue weighted by Crippen LogP contribution is -2.50. The van der Waals surface area contributed by atoms with Crippen LogP contribution in [-0.4, -0.2) is 25.3 Å². The van der Waals surface area contributed by atoms with E-state index in [-0.39, 0.29) is 6.04 Å². The summed E-state index contributed by atoms with van der Waals surface area (Å²) >= 11 is 0. The van der Waals surface area contributed by atoms with Gasteiger partial charge in [0.1, 0.15) is 0 Å². The van der Waals surface area contributed by atoms with Gasteiger partial charge in [-0.2, -0.15) is 4.31 Å². The van der Waals surface area contributed by atoms with Gasteiger partial charge >= 0.3 is 0 Å². The molecule has 20 heavy (non-hydrogen) atoms. The molecule has 4 heteroatoms. The molecular formula is C16H23NO2S. The Morgan fingerprint density at radius 1 is 1.30 bits per heavy atom. The minimum absolute atomic E-state index is 0.186. The Bertz CT molecular complexity index is 548. The summed E-state index contributed by atoms with van der Waals surface area (Å²) in [6.07, 6.45) is 7.03. The average Bonchev–Trinajstić information content (AvgIpc) is 2.37. The topological polar surface area (TPSA) is 37.4 Å². The zero-order valence-electron chi connectivity index (χ0n) is 12.1. The molecule has 0 unspecified atom stereocenters. The first kappa shape index (κ1) is 15.3. The summed E-state index contributed by atoms with van der Waals surface area (Å²) in [7, 11) is -3.30. The standard InChI is InChI=1S/C16H23NO2S/c1-3-4-5-6-7-15-12-13-17(15)20(18,19)16-10-8-14(2)9-11-16/h3,8-11,15H,1,4-7,12-13H2,2H3/t15-/m1/s1. The molecule has 0 aliphatic carbocycles. The second-order valence-electron chi connectivity index (χ2n) is 5.44. The smallest absolute Gasteiger partial charge is 0.207 e. The van der Waals surface area contributed by atoms with Crippen molar-refractivity contribution in [3.63, 3.8) is 0 Å². The fraction of sp³-hybridized carbons (Fsp3) is 0.500. The van der Waals surface area contributed by atoms with Gasteiger partial charge < -0.3 is 0 Å². The van der Waals surface area contributed by atoms with Crippen molar-refractivity contribution in [2.45, 2.75) is 50.0 Å². The van der Waals surface area contributed by atoms with Gasteiger partial charge in [0.2, 0.25) is 10.0 Å². The van der Waals surface area contributed by atoms with E-state index in [0.717, 1.165) is 37.7 Å². The number of aryl methyl sites for hydroxylation is 1. The maximum atomic E-state index is 12.5. The molecule has 110 valence electrons. The molecule has 0 radical (unpaired) electrons. The number of rotatable bonds is 7. The summed E-state index contributed by atoms with van der Waals surface area (Å²) in [5, 5.41) is 0. The molecule has 0 bridgehead atoms. The lowest BCUT2D eigenvalue weighted by Gasteiger charge is -2.39. The molecular weight excluding hydrogens is 270 g/mol. The van der Waals surface area contributed by atoms with Crippen LogP contribution in [0.15, 0.2) is 41.8 Å². The second-order valence-corrected chi connectivity index (χ2v) is 7.33. The summed E-state index contributed by atoms with van der Waals surface area (Å²) in [6.45, 7) is 6.32. The van der Waals surface area contributed by atoms with E-state index in [9.17, 15) is 8.42 Å². The number of hydrogen-bond donors (Lipinski definition) is 0. The summed E-state index contributed by atoms with van der Waals surface area (Å²) in [5.41, 5.74) is 1.08. The van der Waals surface area contributed by atoms with Gasteiger partial charge in [0.05, 0.1) is 4.90 Å². The molecule has 0 N–H and O–H groups in total. The molecule has 3 nitrogen and oxygen atoms in total. The van der Waals surface area contributed by atoms with Crippen molar-refractivity contribution in [3.05, 3.63) is 42.5 Å². The summed E-state index contributed by atoms with van der Waals surface area (Å²) in [4.78, 5) is 0.416. The molecule has 1 fully saturated rings. The van der Waals surface area contributed by atoms with Crippen molar-refractivity contribution in [3.8, 4) is 0 Å². The van der Waals surface area contributed by atoms with Gasteiger partial charge in [0.15, 0.2) is 0 Å². The quantitative estimate of drug-likeness (QED) is 0.570. The predicted octanol–water partition coefficient (Wildman–Crippen LogP) is 3.50. The normalized spacial score (nSPS) is 19.6. The average molecular weight is 293 g/mol. The van der Waals surface area contributed by atoms with E-state index in [2.05, 4.69) is 6.58 Å². The molecule has 1 aromatic carbocycles. The highest BCUT2D eigenvalue weighted by Crippen LogP contribution is 2.30. The summed E-state index contributed by atoms with van der Waals surface area (Å²) in [6, 6.07) is 7.30. The molecule has 2 rings (SSSR count). The van der Waals surface area contributed by atoms with Crippen LogP contribution in [0.4, 0.5) is 0 Å². The van der Waals surface area contributed by atoms with Crippen molar-refractivity contribution in [2.24, 2.45) is 0 Å². The van der Waals surface area contributed by atoms with Crippen molar-refractivity contribution >= 4 is 10.0 Å². The minimum atomic E-state index is -3.30. The van der Waals surface area contributed by atoms with E-state index in [1.54, 1.807) is 16.4 Å². The number of nitrogens with zero attached hydrogens (tertiary/aromatic N) is 1. The van der Waals surface area contributed by atoms with Gasteiger partial charge in [-0.1, -0.05) is 30.2 Å². The highest BCUT2D eigenvalue weighted by molar-refractivity contribution is 7.89. The number of allylic oxidation sites excluding steroid dienone is 1. The number of hydrogen-bond acceptors (Lipinski definition) is 2. The Hall–Kier alpha value is -1.13. The Morgan fingerprint density at radius 3 is 2.55 bits per heavy atom. The van der Waals surface area contributed by atoms with Gasteiger partial charge in [-0.25, -0.2) is 8.42 Å². The van der Waals surface area contributed by atoms with Gasteiger partial charge in [0, 0.05) is 12.6 Å². The van der Waals surface area contributed by atoms with E-state index in [1.807, 2.05) is 25.1 Å². The first-order chi connectivity index (χ1) is 9.55. The maximum Gasteiger partial charge on any atom is 0.243 e. The fourth-order valence-corrected chi connectivity index (χ4v) is 4.24. The molecule has 1 saturated heterocycles. The SMILES string of the molecule is C=CCCCC[C@@H]1CCN1S(=O)(=O)c1ccc(C)cc1. The van der Waals surface area contributed by atoms with E-state index < -0.39 is 10.0 Å². The molecule has 0 saturated carbocycles. The Morgan fingerprint density at radius 2 is 2.00 bits per heavy atom. The van der Waals surface area contributed by atoms with Crippen LogP contribution < -0.4 is 0 Å². The molecule has 1 atom stereocenters.